The van der Waals surface area contributed by atoms with Crippen LogP contribution in [0.3, 0.4) is 0 Å². The molecule has 0 aromatic carbocycles. The molecule has 0 saturated carbocycles. The third-order valence-corrected chi connectivity index (χ3v) is 7.57. The highest BCUT2D eigenvalue weighted by molar-refractivity contribution is 8.76. The number of nitrogens with one attached hydrogen (secondary N) is 2. The summed E-state index contributed by atoms with van der Waals surface area (Å²) >= 11 is 3.04. The number of carbonyl (C=O) groups excluding carboxylic acids is 2. The van der Waals surface area contributed by atoms with Crippen molar-refractivity contribution in [2.75, 3.05) is 24.6 Å². The van der Waals surface area contributed by atoms with Gasteiger partial charge < -0.3 is 21.0 Å². The van der Waals surface area contributed by atoms with Gasteiger partial charge in [0.15, 0.2) is 0 Å². The molecule has 0 aliphatic rings. The van der Waals surface area contributed by atoms with Crippen LogP contribution in [0.25, 0.3) is 0 Å². The van der Waals surface area contributed by atoms with E-state index in [0.717, 1.165) is 11.1 Å². The number of rotatable bonds is 13. The third-order valence-electron chi connectivity index (χ3n) is 3.69. The highest BCUT2D eigenvalue weighted by Gasteiger charge is 2.14. The quantitative estimate of drug-likeness (QED) is 0.113. The van der Waals surface area contributed by atoms with Gasteiger partial charge in [0.05, 0.1) is 0 Å². The zero-order valence-electron chi connectivity index (χ0n) is 15.9. The fourth-order valence-electron chi connectivity index (χ4n) is 2.23. The van der Waals surface area contributed by atoms with Gasteiger partial charge in [-0.15, -0.1) is 0 Å². The van der Waals surface area contributed by atoms with E-state index in [4.69, 9.17) is 10.4 Å². The standard InChI is InChI=1S/C18H22N4O4S4/c23-17(15(21-25)9-13-1-5-27-11-13)19-3-7-29-30-8-4-20-18(24)16(22-26)10-14-2-6-28-12-14/h1-2,5-6,11-12,25-26H,3-4,7-10H2,(H,19,23)(H,20,24)/b21-15+,22-16+. The van der Waals surface area contributed by atoms with Crippen LogP contribution in [0.1, 0.15) is 11.1 Å². The third kappa shape index (κ3) is 8.78. The van der Waals surface area contributed by atoms with Crippen LogP contribution in [-0.4, -0.2) is 58.2 Å². The molecule has 8 nitrogen and oxygen atoms in total. The highest BCUT2D eigenvalue weighted by atomic mass is 33.1. The van der Waals surface area contributed by atoms with E-state index in [2.05, 4.69) is 20.9 Å². The average Bonchev–Trinajstić information content (AvgIpc) is 3.45. The molecular formula is C18H22N4O4S4. The first-order valence-corrected chi connectivity index (χ1v) is 13.3. The molecule has 2 aromatic rings. The summed E-state index contributed by atoms with van der Waals surface area (Å²) in [5, 5.41) is 37.3. The zero-order valence-corrected chi connectivity index (χ0v) is 19.2. The minimum atomic E-state index is -0.386. The summed E-state index contributed by atoms with van der Waals surface area (Å²) in [5.74, 6) is 0.567. The van der Waals surface area contributed by atoms with Gasteiger partial charge in [-0.2, -0.15) is 22.7 Å². The summed E-state index contributed by atoms with van der Waals surface area (Å²) in [7, 11) is 3.12. The number of hydrogen-bond acceptors (Lipinski definition) is 10. The van der Waals surface area contributed by atoms with Gasteiger partial charge in [-0.05, 0) is 44.8 Å². The number of thiophene rings is 2. The van der Waals surface area contributed by atoms with Crippen LogP contribution in [0, 0.1) is 0 Å². The van der Waals surface area contributed by atoms with Crippen molar-refractivity contribution in [2.45, 2.75) is 12.8 Å². The molecular weight excluding hydrogens is 464 g/mol. The Balaban J connectivity index is 1.53. The van der Waals surface area contributed by atoms with Gasteiger partial charge in [0.1, 0.15) is 11.4 Å². The van der Waals surface area contributed by atoms with Crippen molar-refractivity contribution < 1.29 is 20.0 Å². The van der Waals surface area contributed by atoms with Crippen LogP contribution in [0.2, 0.25) is 0 Å². The highest BCUT2D eigenvalue weighted by Crippen LogP contribution is 2.19. The van der Waals surface area contributed by atoms with E-state index in [9.17, 15) is 9.59 Å². The molecule has 0 saturated heterocycles. The molecule has 0 unspecified atom stereocenters. The van der Waals surface area contributed by atoms with Gasteiger partial charge in [0, 0.05) is 37.4 Å². The minimum absolute atomic E-state index is 0.0811. The van der Waals surface area contributed by atoms with E-state index in [1.165, 1.54) is 22.7 Å². The van der Waals surface area contributed by atoms with Crippen molar-refractivity contribution in [1.82, 2.24) is 10.6 Å². The van der Waals surface area contributed by atoms with Crippen molar-refractivity contribution >= 4 is 67.5 Å². The fourth-order valence-corrected chi connectivity index (χ4v) is 5.38. The summed E-state index contributed by atoms with van der Waals surface area (Å²) in [6.45, 7) is 0.876. The van der Waals surface area contributed by atoms with Crippen molar-refractivity contribution in [1.29, 1.82) is 0 Å². The molecule has 2 aromatic heterocycles. The van der Waals surface area contributed by atoms with Crippen molar-refractivity contribution in [3.63, 3.8) is 0 Å². The molecule has 4 N–H and O–H groups in total. The number of nitrogens with zero attached hydrogens (tertiary/aromatic N) is 2. The van der Waals surface area contributed by atoms with E-state index < -0.39 is 0 Å². The maximum atomic E-state index is 12.0. The van der Waals surface area contributed by atoms with E-state index in [1.807, 2.05) is 33.7 Å². The van der Waals surface area contributed by atoms with Crippen LogP contribution in [-0.2, 0) is 22.4 Å². The Labute approximate surface area is 190 Å². The first-order valence-electron chi connectivity index (χ1n) is 8.88. The molecule has 0 spiro atoms. The first-order chi connectivity index (χ1) is 14.6. The van der Waals surface area contributed by atoms with Crippen LogP contribution >= 0.6 is 44.3 Å². The molecule has 0 fully saturated rings. The van der Waals surface area contributed by atoms with Gasteiger partial charge in [0.25, 0.3) is 11.8 Å². The largest absolute Gasteiger partial charge is 0.410 e. The molecule has 2 rings (SSSR count). The molecule has 0 radical (unpaired) electrons. The lowest BCUT2D eigenvalue weighted by atomic mass is 10.1. The lowest BCUT2D eigenvalue weighted by molar-refractivity contribution is -0.115. The monoisotopic (exact) mass is 486 g/mol. The Bertz CT molecular complexity index is 768. The van der Waals surface area contributed by atoms with Gasteiger partial charge in [-0.3, -0.25) is 9.59 Å². The molecule has 30 heavy (non-hydrogen) atoms. The summed E-state index contributed by atoms with van der Waals surface area (Å²) < 4.78 is 0. The number of oxime groups is 2. The maximum Gasteiger partial charge on any atom is 0.269 e. The number of hydrogen-bond donors (Lipinski definition) is 4. The first kappa shape index (κ1) is 24.3. The Kier molecular flexibility index (Phi) is 11.4. The van der Waals surface area contributed by atoms with E-state index >= 15 is 0 Å². The molecule has 0 bridgehead atoms. The van der Waals surface area contributed by atoms with Crippen molar-refractivity contribution in [3.8, 4) is 0 Å². The molecule has 162 valence electrons. The Morgan fingerprint density at radius 3 is 1.60 bits per heavy atom. The maximum absolute atomic E-state index is 12.0. The normalized spacial score (nSPS) is 12.0. The van der Waals surface area contributed by atoms with Crippen LogP contribution < -0.4 is 10.6 Å². The smallest absolute Gasteiger partial charge is 0.269 e. The average molecular weight is 487 g/mol. The van der Waals surface area contributed by atoms with Crippen LogP contribution in [0.15, 0.2) is 44.0 Å². The zero-order chi connectivity index (χ0) is 21.6. The summed E-state index contributed by atoms with van der Waals surface area (Å²) in [6, 6.07) is 3.76. The van der Waals surface area contributed by atoms with Gasteiger partial charge >= 0.3 is 0 Å². The molecule has 0 aliphatic carbocycles. The van der Waals surface area contributed by atoms with Crippen molar-refractivity contribution in [3.05, 3.63) is 44.8 Å². The molecule has 0 atom stereocenters. The van der Waals surface area contributed by atoms with E-state index in [1.54, 1.807) is 21.6 Å². The summed E-state index contributed by atoms with van der Waals surface area (Å²) in [5.41, 5.74) is 2.02. The van der Waals surface area contributed by atoms with Gasteiger partial charge in [0.2, 0.25) is 0 Å². The summed E-state index contributed by atoms with van der Waals surface area (Å²) in [6.07, 6.45) is 0.581. The van der Waals surface area contributed by atoms with Crippen molar-refractivity contribution in [2.24, 2.45) is 10.3 Å². The lowest BCUT2D eigenvalue weighted by Crippen LogP contribution is -2.34. The Morgan fingerprint density at radius 2 is 1.27 bits per heavy atom. The molecule has 12 heteroatoms. The molecule has 2 amide bonds. The molecule has 0 aliphatic heterocycles. The van der Waals surface area contributed by atoms with Gasteiger partial charge in [-0.1, -0.05) is 31.9 Å². The predicted molar refractivity (Wildman–Crippen MR) is 125 cm³/mol. The predicted octanol–water partition coefficient (Wildman–Crippen LogP) is 2.87. The second-order valence-corrected chi connectivity index (χ2v) is 10.1. The van der Waals surface area contributed by atoms with E-state index in [0.29, 0.717) is 37.4 Å². The lowest BCUT2D eigenvalue weighted by Gasteiger charge is -2.07. The Morgan fingerprint density at radius 1 is 0.833 bits per heavy atom. The van der Waals surface area contributed by atoms with Gasteiger partial charge in [-0.25, -0.2) is 0 Å². The SMILES string of the molecule is O=C(NCCSSCCNC(=O)/C(Cc1ccsc1)=N/O)/C(Cc1ccsc1)=N/O. The molecule has 2 heterocycles. The topological polar surface area (TPSA) is 123 Å². The fraction of sp³-hybridized carbons (Fsp3) is 0.333. The minimum Gasteiger partial charge on any atom is -0.410 e. The second-order valence-electron chi connectivity index (χ2n) is 5.87. The van der Waals surface area contributed by atoms with E-state index in [-0.39, 0.29) is 23.2 Å². The van der Waals surface area contributed by atoms with Crippen LogP contribution in [0.5, 0.6) is 0 Å². The number of carbonyl (C=O) groups is 2. The van der Waals surface area contributed by atoms with Crippen LogP contribution in [0.4, 0.5) is 0 Å². The Hall–Kier alpha value is -2.02. The second kappa shape index (κ2) is 14.1. The number of amides is 2. The summed E-state index contributed by atoms with van der Waals surface area (Å²) in [4.78, 5) is 24.0.